The van der Waals surface area contributed by atoms with E-state index in [0.717, 1.165) is 32.1 Å². The van der Waals surface area contributed by atoms with Crippen LogP contribution in [0.5, 0.6) is 0 Å². The average Bonchev–Trinajstić information content (AvgIpc) is 3.15. The maximum absolute atomic E-state index is 12.2. The Morgan fingerprint density at radius 1 is 0.385 bits per heavy atom. The number of nitrogens with one attached hydrogen (secondary N) is 1. The Kier molecular flexibility index (Phi) is 44.3. The normalized spacial score (nSPS) is 12.8. The zero-order valence-electron chi connectivity index (χ0n) is 35.9. The molecule has 0 rings (SSSR count). The van der Waals surface area contributed by atoms with Crippen LogP contribution in [0.15, 0.2) is 0 Å². The highest BCUT2D eigenvalue weighted by Gasteiger charge is 2.19. The lowest BCUT2D eigenvalue weighted by Crippen LogP contribution is -2.45. The largest absolute Gasteiger partial charge is 0.394 e. The summed E-state index contributed by atoms with van der Waals surface area (Å²) in [5, 5.41) is 22.7. The number of carbonyl (C=O) groups is 1. The first-order valence-corrected chi connectivity index (χ1v) is 24.2. The third-order valence-electron chi connectivity index (χ3n) is 11.6. The lowest BCUT2D eigenvalue weighted by Gasteiger charge is -2.22. The highest BCUT2D eigenvalue weighted by Crippen LogP contribution is 2.18. The van der Waals surface area contributed by atoms with Crippen molar-refractivity contribution < 1.29 is 15.0 Å². The van der Waals surface area contributed by atoms with E-state index in [1.165, 1.54) is 225 Å². The summed E-state index contributed by atoms with van der Waals surface area (Å²) >= 11 is 0. The van der Waals surface area contributed by atoms with Crippen LogP contribution in [0.3, 0.4) is 0 Å². The minimum Gasteiger partial charge on any atom is -0.394 e. The molecule has 0 aliphatic rings. The molecule has 0 saturated heterocycles. The molecule has 0 aliphatic heterocycles. The van der Waals surface area contributed by atoms with Gasteiger partial charge in [0.05, 0.1) is 18.8 Å². The predicted molar refractivity (Wildman–Crippen MR) is 230 cm³/mol. The molecule has 0 heterocycles. The summed E-state index contributed by atoms with van der Waals surface area (Å²) < 4.78 is 0. The summed E-state index contributed by atoms with van der Waals surface area (Å²) in [6, 6.07) is -0.526. The number of hydrogen-bond acceptors (Lipinski definition) is 3. The fourth-order valence-corrected chi connectivity index (χ4v) is 7.89. The lowest BCUT2D eigenvalue weighted by molar-refractivity contribution is -0.123. The molecule has 4 heteroatoms. The summed E-state index contributed by atoms with van der Waals surface area (Å²) in [5.41, 5.74) is 0. The van der Waals surface area contributed by atoms with Gasteiger partial charge in [-0.25, -0.2) is 0 Å². The molecule has 0 spiro atoms. The summed E-state index contributed by atoms with van der Waals surface area (Å²) in [4.78, 5) is 12.2. The highest BCUT2D eigenvalue weighted by atomic mass is 16.3. The number of aliphatic hydroxyl groups is 2. The Labute approximate surface area is 327 Å². The zero-order valence-corrected chi connectivity index (χ0v) is 35.9. The van der Waals surface area contributed by atoms with Gasteiger partial charge in [-0.05, 0) is 12.8 Å². The minimum absolute atomic E-state index is 0.0344. The van der Waals surface area contributed by atoms with Crippen LogP contribution in [0.2, 0.25) is 0 Å². The lowest BCUT2D eigenvalue weighted by atomic mass is 10.0. The molecule has 0 fully saturated rings. The Morgan fingerprint density at radius 3 is 0.865 bits per heavy atom. The molecule has 0 saturated carbocycles. The standard InChI is InChI=1S/C48H97NO3/c1-3-5-7-9-10-11-12-13-14-15-16-17-18-19-20-21-22-23-24-25-26-27-28-29-30-31-32-33-34-35-36-37-38-39-40-42-44-48(52)49-46(45-50)47(51)43-41-8-6-4-2/h46-47,50-51H,3-45H2,1-2H3,(H,49,52). The summed E-state index contributed by atoms with van der Waals surface area (Å²) in [6.07, 6.45) is 55.7. The monoisotopic (exact) mass is 736 g/mol. The summed E-state index contributed by atoms with van der Waals surface area (Å²) in [5.74, 6) is -0.0344. The average molecular weight is 736 g/mol. The quantitative estimate of drug-likeness (QED) is 0.0545. The van der Waals surface area contributed by atoms with Crippen molar-refractivity contribution in [2.75, 3.05) is 6.61 Å². The SMILES string of the molecule is CCCCCCCCCCCCCCCCCCCCCCCCCCCCCCCCCCCCCCC(=O)NC(CO)C(O)CCCCCC. The first-order chi connectivity index (χ1) is 25.7. The van der Waals surface area contributed by atoms with E-state index < -0.39 is 12.1 Å². The van der Waals surface area contributed by atoms with Gasteiger partial charge in [-0.15, -0.1) is 0 Å². The number of rotatable bonds is 45. The fraction of sp³-hybridized carbons (Fsp3) is 0.979. The first-order valence-electron chi connectivity index (χ1n) is 24.2. The van der Waals surface area contributed by atoms with Gasteiger partial charge >= 0.3 is 0 Å². The molecule has 0 bridgehead atoms. The van der Waals surface area contributed by atoms with E-state index >= 15 is 0 Å². The topological polar surface area (TPSA) is 69.6 Å². The van der Waals surface area contributed by atoms with E-state index in [1.807, 2.05) is 0 Å². The van der Waals surface area contributed by atoms with Gasteiger partial charge in [0.15, 0.2) is 0 Å². The van der Waals surface area contributed by atoms with E-state index in [9.17, 15) is 15.0 Å². The van der Waals surface area contributed by atoms with Crippen molar-refractivity contribution >= 4 is 5.91 Å². The Bertz CT molecular complexity index is 670. The van der Waals surface area contributed by atoms with Crippen LogP contribution < -0.4 is 5.32 Å². The van der Waals surface area contributed by atoms with Gasteiger partial charge in [-0.1, -0.05) is 264 Å². The predicted octanol–water partition coefficient (Wildman–Crippen LogP) is 15.2. The van der Waals surface area contributed by atoms with Crippen molar-refractivity contribution in [3.05, 3.63) is 0 Å². The molecular weight excluding hydrogens is 639 g/mol. The molecule has 4 nitrogen and oxygen atoms in total. The maximum Gasteiger partial charge on any atom is 0.220 e. The minimum atomic E-state index is -0.649. The van der Waals surface area contributed by atoms with Gasteiger partial charge in [0.1, 0.15) is 0 Å². The molecule has 0 aromatic rings. The van der Waals surface area contributed by atoms with Crippen LogP contribution >= 0.6 is 0 Å². The molecule has 0 aromatic heterocycles. The molecular formula is C48H97NO3. The van der Waals surface area contributed by atoms with Crippen molar-refractivity contribution in [3.63, 3.8) is 0 Å². The van der Waals surface area contributed by atoms with E-state index in [-0.39, 0.29) is 12.5 Å². The first kappa shape index (κ1) is 51.4. The third kappa shape index (κ3) is 40.6. The van der Waals surface area contributed by atoms with E-state index in [4.69, 9.17) is 0 Å². The van der Waals surface area contributed by atoms with Crippen molar-refractivity contribution in [2.24, 2.45) is 0 Å². The van der Waals surface area contributed by atoms with Crippen molar-refractivity contribution in [2.45, 2.75) is 296 Å². The molecule has 1 amide bonds. The summed E-state index contributed by atoms with van der Waals surface area (Å²) in [7, 11) is 0. The third-order valence-corrected chi connectivity index (χ3v) is 11.6. The molecule has 52 heavy (non-hydrogen) atoms. The van der Waals surface area contributed by atoms with Crippen LogP contribution in [0.1, 0.15) is 284 Å². The van der Waals surface area contributed by atoms with Crippen molar-refractivity contribution in [1.29, 1.82) is 0 Å². The van der Waals surface area contributed by atoms with Crippen LogP contribution in [-0.4, -0.2) is 34.9 Å². The zero-order chi connectivity index (χ0) is 37.8. The molecule has 2 unspecified atom stereocenters. The van der Waals surface area contributed by atoms with Gasteiger partial charge in [-0.2, -0.15) is 0 Å². The number of carbonyl (C=O) groups excluding carboxylic acids is 1. The molecule has 0 radical (unpaired) electrons. The van der Waals surface area contributed by atoms with Crippen LogP contribution in [0.25, 0.3) is 0 Å². The number of amides is 1. The van der Waals surface area contributed by atoms with Crippen LogP contribution in [0.4, 0.5) is 0 Å². The number of aliphatic hydroxyl groups excluding tert-OH is 2. The molecule has 3 N–H and O–H groups in total. The molecule has 0 aromatic carbocycles. The van der Waals surface area contributed by atoms with Gasteiger partial charge in [0.25, 0.3) is 0 Å². The Hall–Kier alpha value is -0.610. The second-order valence-corrected chi connectivity index (χ2v) is 16.9. The molecule has 0 aliphatic carbocycles. The Morgan fingerprint density at radius 2 is 0.615 bits per heavy atom. The van der Waals surface area contributed by atoms with Crippen LogP contribution in [0, 0.1) is 0 Å². The van der Waals surface area contributed by atoms with E-state index in [0.29, 0.717) is 12.8 Å². The number of hydrogen-bond donors (Lipinski definition) is 3. The van der Waals surface area contributed by atoms with Gasteiger partial charge in [0.2, 0.25) is 5.91 Å². The van der Waals surface area contributed by atoms with Crippen molar-refractivity contribution in [1.82, 2.24) is 5.32 Å². The second-order valence-electron chi connectivity index (χ2n) is 16.9. The Balaban J connectivity index is 3.23. The molecule has 2 atom stereocenters. The van der Waals surface area contributed by atoms with Gasteiger partial charge in [0, 0.05) is 6.42 Å². The highest BCUT2D eigenvalue weighted by molar-refractivity contribution is 5.76. The van der Waals surface area contributed by atoms with E-state index in [2.05, 4.69) is 19.2 Å². The fourth-order valence-electron chi connectivity index (χ4n) is 7.89. The number of unbranched alkanes of at least 4 members (excludes halogenated alkanes) is 38. The van der Waals surface area contributed by atoms with Crippen LogP contribution in [-0.2, 0) is 4.79 Å². The van der Waals surface area contributed by atoms with Gasteiger partial charge in [-0.3, -0.25) is 4.79 Å². The second kappa shape index (κ2) is 44.8. The molecule has 312 valence electrons. The van der Waals surface area contributed by atoms with E-state index in [1.54, 1.807) is 0 Å². The maximum atomic E-state index is 12.2. The summed E-state index contributed by atoms with van der Waals surface area (Å²) in [6.45, 7) is 4.28. The smallest absolute Gasteiger partial charge is 0.220 e. The van der Waals surface area contributed by atoms with Gasteiger partial charge < -0.3 is 15.5 Å². The van der Waals surface area contributed by atoms with Crippen molar-refractivity contribution in [3.8, 4) is 0 Å².